The Kier molecular flexibility index (Phi) is 3.76. The van der Waals surface area contributed by atoms with Gasteiger partial charge in [0.25, 0.3) is 0 Å². The second-order valence-electron chi connectivity index (χ2n) is 3.49. The first-order chi connectivity index (χ1) is 5.92. The van der Waals surface area contributed by atoms with Crippen molar-refractivity contribution >= 4 is 12.4 Å². The number of hydrogen-bond donors (Lipinski definition) is 1. The zero-order valence-electron chi connectivity index (χ0n) is 7.92. The monoisotopic (exact) mass is 197 g/mol. The number of likely N-dealkylation sites (N-methyl/N-ethyl adjacent to an activating group) is 1. The molecule has 1 aliphatic carbocycles. The van der Waals surface area contributed by atoms with Crippen molar-refractivity contribution in [1.82, 2.24) is 5.32 Å². The third-order valence-corrected chi connectivity index (χ3v) is 2.71. The summed E-state index contributed by atoms with van der Waals surface area (Å²) < 4.78 is 0. The third-order valence-electron chi connectivity index (χ3n) is 2.71. The largest absolute Gasteiger partial charge is 0.319 e. The van der Waals surface area contributed by atoms with Gasteiger partial charge < -0.3 is 5.32 Å². The summed E-state index contributed by atoms with van der Waals surface area (Å²) in [5, 5.41) is 3.25. The highest BCUT2D eigenvalue weighted by molar-refractivity contribution is 5.85. The quantitative estimate of drug-likeness (QED) is 0.768. The maximum atomic E-state index is 3.25. The zero-order valence-corrected chi connectivity index (χ0v) is 8.73. The molecule has 0 fully saturated rings. The van der Waals surface area contributed by atoms with Crippen molar-refractivity contribution < 1.29 is 0 Å². The molecule has 0 saturated carbocycles. The van der Waals surface area contributed by atoms with Crippen LogP contribution in [-0.4, -0.2) is 13.6 Å². The molecule has 1 aromatic carbocycles. The van der Waals surface area contributed by atoms with Gasteiger partial charge in [-0.3, -0.25) is 0 Å². The first-order valence-electron chi connectivity index (χ1n) is 4.64. The average molecular weight is 198 g/mol. The fraction of sp³-hybridized carbons (Fsp3) is 0.455. The lowest BCUT2D eigenvalue weighted by molar-refractivity contribution is 0.623. The molecule has 0 amide bonds. The van der Waals surface area contributed by atoms with Gasteiger partial charge in [0, 0.05) is 6.54 Å². The van der Waals surface area contributed by atoms with E-state index in [0.29, 0.717) is 0 Å². The van der Waals surface area contributed by atoms with E-state index >= 15 is 0 Å². The molecule has 0 aromatic heterocycles. The van der Waals surface area contributed by atoms with Gasteiger partial charge in [0.2, 0.25) is 0 Å². The smallest absolute Gasteiger partial charge is 0.00173 e. The van der Waals surface area contributed by atoms with E-state index in [2.05, 4.69) is 29.6 Å². The van der Waals surface area contributed by atoms with Crippen molar-refractivity contribution in [2.75, 3.05) is 13.6 Å². The van der Waals surface area contributed by atoms with E-state index in [4.69, 9.17) is 0 Å². The molecule has 1 nitrogen and oxygen atoms in total. The normalized spacial score (nSPS) is 19.3. The van der Waals surface area contributed by atoms with Crippen LogP contribution in [0.1, 0.15) is 23.5 Å². The Morgan fingerprint density at radius 3 is 2.92 bits per heavy atom. The lowest BCUT2D eigenvalue weighted by Gasteiger charge is -2.09. The number of hydrogen-bond acceptors (Lipinski definition) is 1. The molecule has 1 unspecified atom stereocenters. The van der Waals surface area contributed by atoms with Gasteiger partial charge in [-0.05, 0) is 36.9 Å². The molecule has 2 rings (SSSR count). The Hall–Kier alpha value is -0.530. The number of nitrogens with one attached hydrogen (secondary N) is 1. The van der Waals surface area contributed by atoms with Gasteiger partial charge in [0.05, 0.1) is 0 Å². The fourth-order valence-corrected chi connectivity index (χ4v) is 2.10. The molecule has 2 heteroatoms. The van der Waals surface area contributed by atoms with Gasteiger partial charge in [0.15, 0.2) is 0 Å². The van der Waals surface area contributed by atoms with Crippen LogP contribution in [0.4, 0.5) is 0 Å². The number of aryl methyl sites for hydroxylation is 1. The minimum atomic E-state index is 0. The van der Waals surface area contributed by atoms with E-state index in [1.165, 1.54) is 12.8 Å². The number of fused-ring (bicyclic) bond motifs is 1. The molecular weight excluding hydrogens is 182 g/mol. The summed E-state index contributed by atoms with van der Waals surface area (Å²) in [6, 6.07) is 8.81. The van der Waals surface area contributed by atoms with Crippen molar-refractivity contribution in [1.29, 1.82) is 0 Å². The van der Waals surface area contributed by atoms with Crippen LogP contribution < -0.4 is 5.32 Å². The van der Waals surface area contributed by atoms with Crippen LogP contribution in [0.15, 0.2) is 24.3 Å². The van der Waals surface area contributed by atoms with E-state index in [0.717, 1.165) is 12.5 Å². The molecule has 0 radical (unpaired) electrons. The molecule has 1 aliphatic rings. The number of rotatable bonds is 2. The third kappa shape index (κ3) is 2.04. The minimum Gasteiger partial charge on any atom is -0.319 e. The molecule has 0 spiro atoms. The van der Waals surface area contributed by atoms with E-state index in [1.54, 1.807) is 11.1 Å². The molecule has 1 aromatic rings. The lowest BCUT2D eigenvalue weighted by atomic mass is 10.0. The van der Waals surface area contributed by atoms with E-state index in [1.807, 2.05) is 7.05 Å². The lowest BCUT2D eigenvalue weighted by Crippen LogP contribution is -2.14. The molecule has 72 valence electrons. The Labute approximate surface area is 86.0 Å². The molecule has 0 saturated heterocycles. The first-order valence-corrected chi connectivity index (χ1v) is 4.64. The summed E-state index contributed by atoms with van der Waals surface area (Å²) in [6.45, 7) is 1.12. The molecule has 1 atom stereocenters. The summed E-state index contributed by atoms with van der Waals surface area (Å²) in [5.41, 5.74) is 3.12. The highest BCUT2D eigenvalue weighted by Gasteiger charge is 2.20. The van der Waals surface area contributed by atoms with Crippen LogP contribution >= 0.6 is 12.4 Å². The minimum absolute atomic E-state index is 0. The van der Waals surface area contributed by atoms with Crippen LogP contribution in [0, 0.1) is 0 Å². The highest BCUT2D eigenvalue weighted by atomic mass is 35.5. The van der Waals surface area contributed by atoms with Crippen molar-refractivity contribution in [2.24, 2.45) is 0 Å². The SMILES string of the molecule is CNCC1CCc2ccccc21.Cl. The van der Waals surface area contributed by atoms with E-state index in [-0.39, 0.29) is 12.4 Å². The maximum Gasteiger partial charge on any atom is 0.00173 e. The van der Waals surface area contributed by atoms with Gasteiger partial charge in [-0.25, -0.2) is 0 Å². The Balaban J connectivity index is 0.000000845. The molecule has 13 heavy (non-hydrogen) atoms. The highest BCUT2D eigenvalue weighted by Crippen LogP contribution is 2.31. The molecule has 0 bridgehead atoms. The van der Waals surface area contributed by atoms with Gasteiger partial charge >= 0.3 is 0 Å². The van der Waals surface area contributed by atoms with Gasteiger partial charge in [-0.2, -0.15) is 0 Å². The number of halogens is 1. The van der Waals surface area contributed by atoms with Crippen LogP contribution in [-0.2, 0) is 6.42 Å². The second-order valence-corrected chi connectivity index (χ2v) is 3.49. The molecule has 0 heterocycles. The van der Waals surface area contributed by atoms with Crippen LogP contribution in [0.3, 0.4) is 0 Å². The van der Waals surface area contributed by atoms with Gasteiger partial charge in [-0.1, -0.05) is 24.3 Å². The Morgan fingerprint density at radius 1 is 1.38 bits per heavy atom. The van der Waals surface area contributed by atoms with Gasteiger partial charge in [-0.15, -0.1) is 12.4 Å². The Morgan fingerprint density at radius 2 is 2.15 bits per heavy atom. The van der Waals surface area contributed by atoms with Crippen LogP contribution in [0.5, 0.6) is 0 Å². The van der Waals surface area contributed by atoms with Crippen molar-refractivity contribution in [2.45, 2.75) is 18.8 Å². The van der Waals surface area contributed by atoms with Crippen LogP contribution in [0.2, 0.25) is 0 Å². The summed E-state index contributed by atoms with van der Waals surface area (Å²) in [7, 11) is 2.03. The van der Waals surface area contributed by atoms with Gasteiger partial charge in [0.1, 0.15) is 0 Å². The zero-order chi connectivity index (χ0) is 8.39. The number of benzene rings is 1. The maximum absolute atomic E-state index is 3.25. The Bertz CT molecular complexity index is 271. The first kappa shape index (κ1) is 10.6. The second kappa shape index (κ2) is 4.64. The molecule has 0 aliphatic heterocycles. The van der Waals surface area contributed by atoms with Crippen molar-refractivity contribution in [3.05, 3.63) is 35.4 Å². The molecular formula is C11H16ClN. The standard InChI is InChI=1S/C11H15N.ClH/c1-12-8-10-7-6-9-4-2-3-5-11(9)10;/h2-5,10,12H,6-8H2,1H3;1H. The topological polar surface area (TPSA) is 12.0 Å². The van der Waals surface area contributed by atoms with Crippen molar-refractivity contribution in [3.8, 4) is 0 Å². The summed E-state index contributed by atoms with van der Waals surface area (Å²) in [5.74, 6) is 0.756. The summed E-state index contributed by atoms with van der Waals surface area (Å²) >= 11 is 0. The predicted octanol–water partition coefficient (Wildman–Crippen LogP) is 2.36. The van der Waals surface area contributed by atoms with E-state index < -0.39 is 0 Å². The fourth-order valence-electron chi connectivity index (χ4n) is 2.10. The van der Waals surface area contributed by atoms with Crippen molar-refractivity contribution in [3.63, 3.8) is 0 Å². The average Bonchev–Trinajstić information content (AvgIpc) is 2.50. The van der Waals surface area contributed by atoms with Crippen LogP contribution in [0.25, 0.3) is 0 Å². The molecule has 1 N–H and O–H groups in total. The summed E-state index contributed by atoms with van der Waals surface area (Å²) in [6.07, 6.45) is 2.59. The van der Waals surface area contributed by atoms with E-state index in [9.17, 15) is 0 Å². The summed E-state index contributed by atoms with van der Waals surface area (Å²) in [4.78, 5) is 0. The predicted molar refractivity (Wildman–Crippen MR) is 58.7 cm³/mol.